The van der Waals surface area contributed by atoms with Crippen LogP contribution in [0, 0.1) is 0 Å². The second kappa shape index (κ2) is 9.66. The third-order valence-corrected chi connectivity index (χ3v) is 10.1. The summed E-state index contributed by atoms with van der Waals surface area (Å²) in [5.41, 5.74) is 5.95. The molecule has 4 N–H and O–H groups in total. The number of carbonyl (C=O) groups is 2. The van der Waals surface area contributed by atoms with Crippen LogP contribution in [0.4, 0.5) is 0 Å². The normalized spacial score (nSPS) is 23.2. The highest BCUT2D eigenvalue weighted by Gasteiger charge is 2.39. The number of ketones is 1. The van der Waals surface area contributed by atoms with Crippen LogP contribution in [0.5, 0.6) is 0 Å². The fourth-order valence-electron chi connectivity index (χ4n) is 4.19. The number of nitrogens with two attached hydrogens (primary N) is 1. The Morgan fingerprint density at radius 1 is 1.32 bits per heavy atom. The zero-order chi connectivity index (χ0) is 24.7. The van der Waals surface area contributed by atoms with Gasteiger partial charge in [0.2, 0.25) is 10.0 Å². The van der Waals surface area contributed by atoms with E-state index in [9.17, 15) is 26.4 Å². The average Bonchev–Trinajstić information content (AvgIpc) is 3.33. The number of rotatable bonds is 7. The second-order valence-corrected chi connectivity index (χ2v) is 13.3. The number of hydrogen-bond donors (Lipinski definition) is 3. The van der Waals surface area contributed by atoms with Crippen molar-refractivity contribution in [3.05, 3.63) is 28.4 Å². The standard InChI is InChI=1S/C20H25BrN4O7S2/c21-12-1-2-15-14(9-12)19(18(24-15)16(26)3-5-22)34(30,31)25-6-7-32-17(10-25)20(27)23-13-4-8-33(28,29)11-13/h1-2,9,13,17,24H,3-8,10-11,22H2,(H,23,27). The Morgan fingerprint density at radius 2 is 2.09 bits per heavy atom. The topological polar surface area (TPSA) is 169 Å². The first-order chi connectivity index (χ1) is 16.0. The summed E-state index contributed by atoms with van der Waals surface area (Å²) in [7, 11) is -7.39. The van der Waals surface area contributed by atoms with Gasteiger partial charge in [0.15, 0.2) is 15.6 Å². The number of benzene rings is 1. The van der Waals surface area contributed by atoms with Gasteiger partial charge in [-0.3, -0.25) is 9.59 Å². The first-order valence-electron chi connectivity index (χ1n) is 10.7. The monoisotopic (exact) mass is 576 g/mol. The van der Waals surface area contributed by atoms with E-state index in [1.54, 1.807) is 18.2 Å². The van der Waals surface area contributed by atoms with Gasteiger partial charge in [0, 0.05) is 40.9 Å². The van der Waals surface area contributed by atoms with E-state index in [4.69, 9.17) is 10.5 Å². The van der Waals surface area contributed by atoms with E-state index < -0.39 is 43.7 Å². The van der Waals surface area contributed by atoms with Crippen molar-refractivity contribution in [2.45, 2.75) is 29.9 Å². The quantitative estimate of drug-likeness (QED) is 0.391. The first kappa shape index (κ1) is 25.3. The number of fused-ring (bicyclic) bond motifs is 1. The van der Waals surface area contributed by atoms with E-state index >= 15 is 0 Å². The molecule has 2 atom stereocenters. The van der Waals surface area contributed by atoms with E-state index in [1.165, 1.54) is 0 Å². The van der Waals surface area contributed by atoms with Crippen LogP contribution >= 0.6 is 15.9 Å². The molecule has 2 aliphatic heterocycles. The smallest absolute Gasteiger partial charge is 0.250 e. The molecule has 4 rings (SSSR count). The number of halogens is 1. The van der Waals surface area contributed by atoms with Gasteiger partial charge in [-0.1, -0.05) is 15.9 Å². The summed E-state index contributed by atoms with van der Waals surface area (Å²) in [4.78, 5) is 28.2. The maximum absolute atomic E-state index is 13.7. The number of hydrogen-bond acceptors (Lipinski definition) is 8. The number of carbonyl (C=O) groups excluding carboxylic acids is 2. The molecule has 0 bridgehead atoms. The molecule has 0 saturated carbocycles. The Balaban J connectivity index is 1.62. The number of sulfonamides is 1. The Kier molecular flexibility index (Phi) is 7.18. The highest BCUT2D eigenvalue weighted by molar-refractivity contribution is 9.10. The number of amides is 1. The van der Waals surface area contributed by atoms with E-state index in [2.05, 4.69) is 26.2 Å². The van der Waals surface area contributed by atoms with Crippen LogP contribution in [0.3, 0.4) is 0 Å². The molecule has 0 aliphatic carbocycles. The van der Waals surface area contributed by atoms with Crippen LogP contribution in [-0.2, 0) is 29.4 Å². The molecule has 11 nitrogen and oxygen atoms in total. The number of nitrogens with one attached hydrogen (secondary N) is 2. The van der Waals surface area contributed by atoms with E-state index in [1.807, 2.05) is 0 Å². The summed E-state index contributed by atoms with van der Waals surface area (Å²) < 4.78 is 58.1. The molecule has 14 heteroatoms. The van der Waals surface area contributed by atoms with Gasteiger partial charge in [-0.05, 0) is 31.2 Å². The third-order valence-electron chi connectivity index (χ3n) is 5.86. The first-order valence-corrected chi connectivity index (χ1v) is 14.7. The minimum absolute atomic E-state index is 0.000294. The summed E-state index contributed by atoms with van der Waals surface area (Å²) in [6.45, 7) is -0.236. The molecule has 2 aromatic rings. The van der Waals surface area contributed by atoms with Crippen LogP contribution < -0.4 is 11.1 Å². The molecule has 1 amide bonds. The van der Waals surface area contributed by atoms with Gasteiger partial charge in [-0.15, -0.1) is 0 Å². The predicted octanol–water partition coefficient (Wildman–Crippen LogP) is 0.155. The number of aromatic nitrogens is 1. The lowest BCUT2D eigenvalue weighted by molar-refractivity contribution is -0.136. The predicted molar refractivity (Wildman–Crippen MR) is 128 cm³/mol. The molecule has 2 fully saturated rings. The fraction of sp³-hybridized carbons (Fsp3) is 0.500. The molecular formula is C20H25BrN4O7S2. The minimum atomic E-state index is -4.20. The Bertz CT molecular complexity index is 1340. The lowest BCUT2D eigenvalue weighted by Gasteiger charge is -2.32. The second-order valence-electron chi connectivity index (χ2n) is 8.31. The van der Waals surface area contributed by atoms with Crippen LogP contribution in [0.2, 0.25) is 0 Å². The molecule has 0 radical (unpaired) electrons. The van der Waals surface area contributed by atoms with Crippen LogP contribution in [0.15, 0.2) is 27.6 Å². The van der Waals surface area contributed by atoms with Crippen LogP contribution in [0.25, 0.3) is 10.9 Å². The number of aromatic amines is 1. The molecule has 2 saturated heterocycles. The van der Waals surface area contributed by atoms with Gasteiger partial charge in [0.25, 0.3) is 5.91 Å². The molecule has 0 spiro atoms. The van der Waals surface area contributed by atoms with E-state index in [-0.39, 0.29) is 54.8 Å². The number of Topliss-reactive ketones (excluding diaryl/α,β-unsaturated/α-hetero) is 1. The highest BCUT2D eigenvalue weighted by Crippen LogP contribution is 2.33. The zero-order valence-corrected chi connectivity index (χ0v) is 21.3. The van der Waals surface area contributed by atoms with Gasteiger partial charge >= 0.3 is 0 Å². The summed E-state index contributed by atoms with van der Waals surface area (Å²) >= 11 is 3.34. The molecular weight excluding hydrogens is 552 g/mol. The highest BCUT2D eigenvalue weighted by atomic mass is 79.9. The van der Waals surface area contributed by atoms with Crippen molar-refractivity contribution in [3.8, 4) is 0 Å². The maximum Gasteiger partial charge on any atom is 0.250 e. The van der Waals surface area contributed by atoms with Gasteiger partial charge in [-0.2, -0.15) is 4.31 Å². The minimum Gasteiger partial charge on any atom is -0.366 e. The van der Waals surface area contributed by atoms with Crippen molar-refractivity contribution >= 4 is 58.4 Å². The van der Waals surface area contributed by atoms with Crippen molar-refractivity contribution in [1.29, 1.82) is 0 Å². The van der Waals surface area contributed by atoms with Gasteiger partial charge in [0.05, 0.1) is 18.1 Å². The summed E-state index contributed by atoms with van der Waals surface area (Å²) in [6.07, 6.45) is -0.832. The lowest BCUT2D eigenvalue weighted by atomic mass is 10.2. The Labute approximate surface area is 205 Å². The van der Waals surface area contributed by atoms with E-state index in [0.29, 0.717) is 21.8 Å². The maximum atomic E-state index is 13.7. The largest absolute Gasteiger partial charge is 0.366 e. The molecule has 2 aliphatic rings. The number of H-pyrrole nitrogens is 1. The summed E-state index contributed by atoms with van der Waals surface area (Å²) in [5, 5.41) is 3.00. The van der Waals surface area contributed by atoms with Gasteiger partial charge in [-0.25, -0.2) is 16.8 Å². The SMILES string of the molecule is NCCC(=O)c1[nH]c2ccc(Br)cc2c1S(=O)(=O)N1CCOC(C(=O)NC2CCS(=O)(=O)C2)C1. The van der Waals surface area contributed by atoms with Crippen molar-refractivity contribution in [2.24, 2.45) is 5.73 Å². The van der Waals surface area contributed by atoms with Gasteiger partial charge in [0.1, 0.15) is 16.7 Å². The summed E-state index contributed by atoms with van der Waals surface area (Å²) in [5.74, 6) is -1.15. The summed E-state index contributed by atoms with van der Waals surface area (Å²) in [6, 6.07) is 4.48. The Morgan fingerprint density at radius 3 is 2.76 bits per heavy atom. The zero-order valence-electron chi connectivity index (χ0n) is 18.1. The van der Waals surface area contributed by atoms with Gasteiger partial charge < -0.3 is 20.8 Å². The molecule has 1 aromatic carbocycles. The van der Waals surface area contributed by atoms with Crippen molar-refractivity contribution in [3.63, 3.8) is 0 Å². The average molecular weight is 577 g/mol. The van der Waals surface area contributed by atoms with Crippen LogP contribution in [0.1, 0.15) is 23.3 Å². The van der Waals surface area contributed by atoms with Crippen LogP contribution in [-0.4, -0.2) is 87.7 Å². The molecule has 2 unspecified atom stereocenters. The lowest BCUT2D eigenvalue weighted by Crippen LogP contribution is -2.53. The number of morpholine rings is 1. The third kappa shape index (κ3) is 5.06. The number of ether oxygens (including phenoxy) is 1. The fourth-order valence-corrected chi connectivity index (χ4v) is 8.00. The molecule has 3 heterocycles. The molecule has 34 heavy (non-hydrogen) atoms. The molecule has 1 aromatic heterocycles. The molecule has 186 valence electrons. The Hall–Kier alpha value is -1.84. The van der Waals surface area contributed by atoms with Crippen molar-refractivity contribution in [1.82, 2.24) is 14.6 Å². The number of nitrogens with zero attached hydrogens (tertiary/aromatic N) is 1. The van der Waals surface area contributed by atoms with E-state index in [0.717, 1.165) is 4.31 Å². The van der Waals surface area contributed by atoms with Crippen molar-refractivity contribution < 1.29 is 31.2 Å². The number of sulfone groups is 1. The van der Waals surface area contributed by atoms with Crippen molar-refractivity contribution in [2.75, 3.05) is 37.7 Å².